The summed E-state index contributed by atoms with van der Waals surface area (Å²) in [6, 6.07) is 9.38. The topological polar surface area (TPSA) is 78.7 Å². The minimum Gasteiger partial charge on any atom is -0.510 e. The Hall–Kier alpha value is -2.84. The maximum absolute atomic E-state index is 10.5. The Morgan fingerprint density at radius 1 is 1.15 bits per heavy atom. The van der Waals surface area contributed by atoms with E-state index in [1.54, 1.807) is 36.5 Å². The molecule has 0 aliphatic carbocycles. The highest BCUT2D eigenvalue weighted by atomic mass is 32.1. The van der Waals surface area contributed by atoms with Crippen molar-refractivity contribution in [1.29, 1.82) is 5.41 Å². The highest BCUT2D eigenvalue weighted by Gasteiger charge is 2.31. The number of methoxy groups -OCH3 is 2. The van der Waals surface area contributed by atoms with E-state index in [-0.39, 0.29) is 18.1 Å². The van der Waals surface area contributed by atoms with Gasteiger partial charge in [0, 0.05) is 23.6 Å². The number of amidine groups is 1. The average Bonchev–Trinajstić information content (AvgIpc) is 3.41. The van der Waals surface area contributed by atoms with Gasteiger partial charge in [0.1, 0.15) is 28.1 Å². The molecule has 0 spiro atoms. The smallest absolute Gasteiger partial charge is 0.139 e. The van der Waals surface area contributed by atoms with E-state index in [9.17, 15) is 5.11 Å². The fraction of sp³-hybridized carbons (Fsp3) is 0.158. The van der Waals surface area contributed by atoms with Gasteiger partial charge in [0.05, 0.1) is 42.6 Å². The van der Waals surface area contributed by atoms with Gasteiger partial charge < -0.3 is 19.5 Å². The van der Waals surface area contributed by atoms with Crippen LogP contribution in [0, 0.1) is 5.41 Å². The molecule has 0 atom stereocenters. The summed E-state index contributed by atoms with van der Waals surface area (Å²) < 4.78 is 10.6. The number of thiophene rings is 1. The van der Waals surface area contributed by atoms with Gasteiger partial charge in [0.2, 0.25) is 0 Å². The Labute approximate surface area is 164 Å². The van der Waals surface area contributed by atoms with Crippen LogP contribution in [0.1, 0.15) is 5.01 Å². The number of nitrogens with zero attached hydrogens (tertiary/aromatic N) is 2. The minimum absolute atomic E-state index is 0.133. The number of nitrogens with one attached hydrogen (secondary N) is 1. The second-order valence-electron chi connectivity index (χ2n) is 5.84. The van der Waals surface area contributed by atoms with E-state index < -0.39 is 0 Å². The van der Waals surface area contributed by atoms with Crippen molar-refractivity contribution in [3.63, 3.8) is 0 Å². The first kappa shape index (κ1) is 17.6. The first-order valence-electron chi connectivity index (χ1n) is 8.12. The molecule has 0 saturated heterocycles. The van der Waals surface area contributed by atoms with Gasteiger partial charge in [-0.2, -0.15) is 0 Å². The van der Waals surface area contributed by atoms with E-state index in [1.165, 1.54) is 11.3 Å². The summed E-state index contributed by atoms with van der Waals surface area (Å²) in [6.07, 6.45) is 0. The summed E-state index contributed by atoms with van der Waals surface area (Å²) in [5.41, 5.74) is 2.04. The number of benzene rings is 1. The van der Waals surface area contributed by atoms with E-state index >= 15 is 0 Å². The highest BCUT2D eigenvalue weighted by Crippen LogP contribution is 2.37. The van der Waals surface area contributed by atoms with Gasteiger partial charge in [-0.1, -0.05) is 6.07 Å². The minimum atomic E-state index is 0.133. The third-order valence-corrected chi connectivity index (χ3v) is 5.99. The number of rotatable bonds is 5. The number of hydrogen-bond donors (Lipinski definition) is 2. The summed E-state index contributed by atoms with van der Waals surface area (Å²) in [6.45, 7) is 0.207. The number of anilines is 1. The molecule has 3 aromatic rings. The standard InChI is InChI=1S/C19H17N3O3S2/c1-24-12-6-11(7-13(8-12)25-2)22-9-15(23)17(18(22)20)19-21-14(10-27-19)16-4-3-5-26-16/h3-8,10,20,23H,9H2,1-2H3. The Bertz CT molecular complexity index is 1000. The number of aliphatic hydroxyl groups is 1. The molecule has 2 N–H and O–H groups in total. The Morgan fingerprint density at radius 3 is 2.52 bits per heavy atom. The van der Waals surface area contributed by atoms with E-state index in [0.29, 0.717) is 27.8 Å². The molecule has 1 aromatic carbocycles. The van der Waals surface area contributed by atoms with Crippen LogP contribution < -0.4 is 14.4 Å². The van der Waals surface area contributed by atoms with Gasteiger partial charge in [-0.3, -0.25) is 5.41 Å². The normalized spacial score (nSPS) is 14.1. The Kier molecular flexibility index (Phi) is 4.59. The molecule has 1 aliphatic rings. The summed E-state index contributed by atoms with van der Waals surface area (Å²) in [5, 5.41) is 23.7. The van der Waals surface area contributed by atoms with Crippen LogP contribution in [0.5, 0.6) is 11.5 Å². The second-order valence-corrected chi connectivity index (χ2v) is 7.65. The van der Waals surface area contributed by atoms with Crippen molar-refractivity contribution in [3.05, 3.63) is 51.9 Å². The van der Waals surface area contributed by atoms with Crippen molar-refractivity contribution < 1.29 is 14.6 Å². The van der Waals surface area contributed by atoms with Crippen molar-refractivity contribution in [2.24, 2.45) is 0 Å². The van der Waals surface area contributed by atoms with Crippen LogP contribution in [-0.2, 0) is 0 Å². The van der Waals surface area contributed by atoms with Gasteiger partial charge in [0.15, 0.2) is 0 Å². The number of hydrogen-bond acceptors (Lipinski definition) is 7. The van der Waals surface area contributed by atoms with Gasteiger partial charge in [0.25, 0.3) is 0 Å². The molecule has 0 radical (unpaired) electrons. The number of aliphatic hydroxyl groups excluding tert-OH is 1. The zero-order chi connectivity index (χ0) is 19.0. The lowest BCUT2D eigenvalue weighted by molar-refractivity contribution is 0.394. The van der Waals surface area contributed by atoms with Crippen molar-refractivity contribution in [1.82, 2.24) is 4.98 Å². The quantitative estimate of drug-likeness (QED) is 0.653. The molecular formula is C19H17N3O3S2. The Morgan fingerprint density at radius 2 is 1.89 bits per heavy atom. The maximum Gasteiger partial charge on any atom is 0.139 e. The molecule has 8 heteroatoms. The zero-order valence-electron chi connectivity index (χ0n) is 14.7. The first-order chi connectivity index (χ1) is 13.1. The molecule has 6 nitrogen and oxygen atoms in total. The largest absolute Gasteiger partial charge is 0.510 e. The fourth-order valence-electron chi connectivity index (χ4n) is 2.90. The highest BCUT2D eigenvalue weighted by molar-refractivity contribution is 7.14. The Balaban J connectivity index is 1.66. The van der Waals surface area contributed by atoms with E-state index in [1.807, 2.05) is 35.0 Å². The van der Waals surface area contributed by atoms with Crippen LogP contribution in [0.25, 0.3) is 16.1 Å². The van der Waals surface area contributed by atoms with Gasteiger partial charge in [-0.05, 0) is 11.4 Å². The number of aromatic nitrogens is 1. The van der Waals surface area contributed by atoms with E-state index in [4.69, 9.17) is 14.9 Å². The van der Waals surface area contributed by atoms with Crippen LogP contribution in [0.3, 0.4) is 0 Å². The molecule has 0 bridgehead atoms. The van der Waals surface area contributed by atoms with Crippen LogP contribution in [0.4, 0.5) is 5.69 Å². The molecule has 0 fully saturated rings. The van der Waals surface area contributed by atoms with Crippen LogP contribution >= 0.6 is 22.7 Å². The fourth-order valence-corrected chi connectivity index (χ4v) is 4.55. The monoisotopic (exact) mass is 399 g/mol. The zero-order valence-corrected chi connectivity index (χ0v) is 16.4. The number of ether oxygens (including phenoxy) is 2. The lowest BCUT2D eigenvalue weighted by Gasteiger charge is -2.20. The van der Waals surface area contributed by atoms with Crippen molar-refractivity contribution in [2.75, 3.05) is 25.7 Å². The SMILES string of the molecule is COc1cc(OC)cc(N2CC(O)=C(c3nc(-c4cccs4)cs3)C2=N)c1. The molecule has 1 aliphatic heterocycles. The molecule has 27 heavy (non-hydrogen) atoms. The molecule has 138 valence electrons. The molecule has 4 rings (SSSR count). The summed E-state index contributed by atoms with van der Waals surface area (Å²) in [4.78, 5) is 7.40. The van der Waals surface area contributed by atoms with Crippen molar-refractivity contribution in [2.45, 2.75) is 0 Å². The molecule has 0 saturated carbocycles. The number of thiazole rings is 1. The molecule has 0 amide bonds. The van der Waals surface area contributed by atoms with Crippen LogP contribution in [0.15, 0.2) is 46.9 Å². The van der Waals surface area contributed by atoms with Crippen LogP contribution in [0.2, 0.25) is 0 Å². The van der Waals surface area contributed by atoms with E-state index in [2.05, 4.69) is 4.98 Å². The van der Waals surface area contributed by atoms with Gasteiger partial charge in [-0.15, -0.1) is 22.7 Å². The maximum atomic E-state index is 10.5. The van der Waals surface area contributed by atoms with Gasteiger partial charge >= 0.3 is 0 Å². The lowest BCUT2D eigenvalue weighted by atomic mass is 10.2. The molecule has 2 aromatic heterocycles. The lowest BCUT2D eigenvalue weighted by Crippen LogP contribution is -2.26. The average molecular weight is 399 g/mol. The summed E-state index contributed by atoms with van der Waals surface area (Å²) >= 11 is 3.04. The summed E-state index contributed by atoms with van der Waals surface area (Å²) in [7, 11) is 3.16. The molecule has 3 heterocycles. The predicted octanol–water partition coefficient (Wildman–Crippen LogP) is 4.66. The molecule has 0 unspecified atom stereocenters. The molecular weight excluding hydrogens is 382 g/mol. The third kappa shape index (κ3) is 3.17. The predicted molar refractivity (Wildman–Crippen MR) is 110 cm³/mol. The third-order valence-electron chi connectivity index (χ3n) is 4.24. The second kappa shape index (κ2) is 7.05. The first-order valence-corrected chi connectivity index (χ1v) is 9.88. The summed E-state index contributed by atoms with van der Waals surface area (Å²) in [5.74, 6) is 1.59. The van der Waals surface area contributed by atoms with Crippen molar-refractivity contribution in [3.8, 4) is 22.1 Å². The van der Waals surface area contributed by atoms with E-state index in [0.717, 1.165) is 10.6 Å². The van der Waals surface area contributed by atoms with Crippen molar-refractivity contribution >= 4 is 39.8 Å². The van der Waals surface area contributed by atoms with Gasteiger partial charge in [-0.25, -0.2) is 4.98 Å². The van der Waals surface area contributed by atoms with Crippen LogP contribution in [-0.4, -0.2) is 36.7 Å².